The first kappa shape index (κ1) is 11.9. The number of hydrogen-bond donors (Lipinski definition) is 0. The second-order valence-electron chi connectivity index (χ2n) is 5.81. The molecule has 0 N–H and O–H groups in total. The number of benzene rings is 1. The lowest BCUT2D eigenvalue weighted by atomic mass is 9.96. The molecule has 1 aromatic rings. The van der Waals surface area contributed by atoms with Gasteiger partial charge in [-0.2, -0.15) is 0 Å². The molecule has 0 aliphatic heterocycles. The van der Waals surface area contributed by atoms with Gasteiger partial charge in [0.1, 0.15) is 0 Å². The molecule has 0 spiro atoms. The topological polar surface area (TPSA) is 9.23 Å². The zero-order valence-corrected chi connectivity index (χ0v) is 11.6. The molecule has 0 radical (unpaired) electrons. The Morgan fingerprint density at radius 2 is 1.75 bits per heavy atom. The van der Waals surface area contributed by atoms with E-state index in [1.807, 2.05) is 0 Å². The molecule has 1 fully saturated rings. The molecule has 2 heteroatoms. The summed E-state index contributed by atoms with van der Waals surface area (Å²) in [6.45, 7) is 7.93. The summed E-state index contributed by atoms with van der Waals surface area (Å²) in [7, 11) is -1.14. The Bertz CT molecular complexity index is 333. The fourth-order valence-corrected chi connectivity index (χ4v) is 3.02. The molecule has 1 aromatic carbocycles. The SMILES string of the molecule is C[Si](C)(C)c1ccc(COC2CCC2)cc1. The van der Waals surface area contributed by atoms with Crippen molar-refractivity contribution in [2.45, 2.75) is 51.6 Å². The monoisotopic (exact) mass is 234 g/mol. The van der Waals surface area contributed by atoms with Gasteiger partial charge in [0.25, 0.3) is 0 Å². The van der Waals surface area contributed by atoms with Gasteiger partial charge in [-0.05, 0) is 24.8 Å². The molecule has 88 valence electrons. The highest BCUT2D eigenvalue weighted by atomic mass is 28.3. The molecule has 1 aliphatic carbocycles. The largest absolute Gasteiger partial charge is 0.374 e. The van der Waals surface area contributed by atoms with Gasteiger partial charge >= 0.3 is 0 Å². The summed E-state index contributed by atoms with van der Waals surface area (Å²) in [6.07, 6.45) is 4.40. The second kappa shape index (κ2) is 4.72. The first-order valence-electron chi connectivity index (χ1n) is 6.27. The third kappa shape index (κ3) is 2.95. The standard InChI is InChI=1S/C14H22OSi/c1-16(2,3)14-9-7-12(8-10-14)11-15-13-5-4-6-13/h7-10,13H,4-6,11H2,1-3H3. The third-order valence-electron chi connectivity index (χ3n) is 3.36. The van der Waals surface area contributed by atoms with E-state index in [4.69, 9.17) is 4.74 Å². The van der Waals surface area contributed by atoms with E-state index >= 15 is 0 Å². The molecule has 0 heterocycles. The lowest BCUT2D eigenvalue weighted by molar-refractivity contribution is -0.00865. The summed E-state index contributed by atoms with van der Waals surface area (Å²) in [6, 6.07) is 9.02. The van der Waals surface area contributed by atoms with Crippen molar-refractivity contribution in [3.05, 3.63) is 29.8 Å². The summed E-state index contributed by atoms with van der Waals surface area (Å²) in [5.74, 6) is 0. The van der Waals surface area contributed by atoms with Crippen LogP contribution in [0.4, 0.5) is 0 Å². The van der Waals surface area contributed by atoms with Crippen molar-refractivity contribution in [3.63, 3.8) is 0 Å². The van der Waals surface area contributed by atoms with Gasteiger partial charge < -0.3 is 4.74 Å². The molecule has 1 nitrogen and oxygen atoms in total. The quantitative estimate of drug-likeness (QED) is 0.726. The van der Waals surface area contributed by atoms with Crippen LogP contribution in [0.2, 0.25) is 19.6 Å². The van der Waals surface area contributed by atoms with Crippen LogP contribution in [-0.2, 0) is 11.3 Å². The van der Waals surface area contributed by atoms with Crippen LogP contribution in [0.25, 0.3) is 0 Å². The van der Waals surface area contributed by atoms with E-state index < -0.39 is 8.07 Å². The lowest BCUT2D eigenvalue weighted by Gasteiger charge is -2.25. The second-order valence-corrected chi connectivity index (χ2v) is 10.9. The Morgan fingerprint density at radius 3 is 2.19 bits per heavy atom. The normalized spacial score (nSPS) is 17.2. The highest BCUT2D eigenvalue weighted by molar-refractivity contribution is 6.88. The molecule has 0 amide bonds. The molecule has 16 heavy (non-hydrogen) atoms. The maximum Gasteiger partial charge on any atom is 0.0775 e. The first-order valence-corrected chi connectivity index (χ1v) is 9.77. The first-order chi connectivity index (χ1) is 7.55. The predicted octanol–water partition coefficient (Wildman–Crippen LogP) is 3.30. The smallest absolute Gasteiger partial charge is 0.0775 e. The molecule has 0 atom stereocenters. The van der Waals surface area contributed by atoms with Gasteiger partial charge in [0.2, 0.25) is 0 Å². The van der Waals surface area contributed by atoms with E-state index in [0.29, 0.717) is 6.10 Å². The average molecular weight is 234 g/mol. The van der Waals surface area contributed by atoms with E-state index in [1.54, 1.807) is 0 Å². The van der Waals surface area contributed by atoms with Crippen LogP contribution in [0.15, 0.2) is 24.3 Å². The van der Waals surface area contributed by atoms with Gasteiger partial charge in [0, 0.05) is 0 Å². The number of rotatable bonds is 4. The van der Waals surface area contributed by atoms with Gasteiger partial charge in [-0.1, -0.05) is 49.1 Å². The molecule has 1 aliphatic rings. The molecular formula is C14H22OSi. The minimum Gasteiger partial charge on any atom is -0.374 e. The van der Waals surface area contributed by atoms with Crippen LogP contribution in [-0.4, -0.2) is 14.2 Å². The maximum absolute atomic E-state index is 5.80. The summed E-state index contributed by atoms with van der Waals surface area (Å²) >= 11 is 0. The fraction of sp³-hybridized carbons (Fsp3) is 0.571. The molecule has 0 unspecified atom stereocenters. The third-order valence-corrected chi connectivity index (χ3v) is 5.42. The van der Waals surface area contributed by atoms with Gasteiger partial charge in [-0.3, -0.25) is 0 Å². The van der Waals surface area contributed by atoms with E-state index in [9.17, 15) is 0 Å². The molecule has 0 saturated heterocycles. The van der Waals surface area contributed by atoms with Crippen molar-refractivity contribution >= 4 is 13.3 Å². The zero-order valence-electron chi connectivity index (χ0n) is 10.6. The van der Waals surface area contributed by atoms with Crippen molar-refractivity contribution < 1.29 is 4.74 Å². The van der Waals surface area contributed by atoms with Crippen molar-refractivity contribution in [3.8, 4) is 0 Å². The van der Waals surface area contributed by atoms with Crippen LogP contribution < -0.4 is 5.19 Å². The van der Waals surface area contributed by atoms with E-state index in [-0.39, 0.29) is 0 Å². The summed E-state index contributed by atoms with van der Waals surface area (Å²) in [5, 5.41) is 1.53. The summed E-state index contributed by atoms with van der Waals surface area (Å²) in [4.78, 5) is 0. The summed E-state index contributed by atoms with van der Waals surface area (Å²) in [5.41, 5.74) is 1.31. The van der Waals surface area contributed by atoms with E-state index in [0.717, 1.165) is 6.61 Å². The number of hydrogen-bond acceptors (Lipinski definition) is 1. The Hall–Kier alpha value is -0.603. The molecule has 0 bridgehead atoms. The van der Waals surface area contributed by atoms with Gasteiger partial charge in [0.15, 0.2) is 0 Å². The van der Waals surface area contributed by atoms with E-state index in [1.165, 1.54) is 30.0 Å². The molecule has 2 rings (SSSR count). The molecular weight excluding hydrogens is 212 g/mol. The van der Waals surface area contributed by atoms with Crippen molar-refractivity contribution in [1.82, 2.24) is 0 Å². The van der Waals surface area contributed by atoms with E-state index in [2.05, 4.69) is 43.9 Å². The van der Waals surface area contributed by atoms with Gasteiger partial charge in [0.05, 0.1) is 20.8 Å². The minimum atomic E-state index is -1.14. The number of ether oxygens (including phenoxy) is 1. The Balaban J connectivity index is 1.91. The van der Waals surface area contributed by atoms with Crippen molar-refractivity contribution in [1.29, 1.82) is 0 Å². The molecule has 1 saturated carbocycles. The minimum absolute atomic E-state index is 0.539. The lowest BCUT2D eigenvalue weighted by Crippen LogP contribution is -2.37. The van der Waals surface area contributed by atoms with Gasteiger partial charge in [-0.25, -0.2) is 0 Å². The van der Waals surface area contributed by atoms with Crippen LogP contribution >= 0.6 is 0 Å². The summed E-state index contributed by atoms with van der Waals surface area (Å²) < 4.78 is 5.80. The Morgan fingerprint density at radius 1 is 1.12 bits per heavy atom. The Labute approximate surface area is 99.8 Å². The highest BCUT2D eigenvalue weighted by Crippen LogP contribution is 2.22. The van der Waals surface area contributed by atoms with Crippen LogP contribution in [0.3, 0.4) is 0 Å². The van der Waals surface area contributed by atoms with Crippen molar-refractivity contribution in [2.24, 2.45) is 0 Å². The van der Waals surface area contributed by atoms with Gasteiger partial charge in [-0.15, -0.1) is 0 Å². The Kier molecular flexibility index (Phi) is 3.50. The maximum atomic E-state index is 5.80. The zero-order chi connectivity index (χ0) is 11.6. The fourth-order valence-electron chi connectivity index (χ4n) is 1.85. The highest BCUT2D eigenvalue weighted by Gasteiger charge is 2.18. The van der Waals surface area contributed by atoms with Crippen molar-refractivity contribution in [2.75, 3.05) is 0 Å². The van der Waals surface area contributed by atoms with Crippen LogP contribution in [0.5, 0.6) is 0 Å². The predicted molar refractivity (Wildman–Crippen MR) is 71.9 cm³/mol. The molecule has 0 aromatic heterocycles. The average Bonchev–Trinajstić information content (AvgIpc) is 2.15. The van der Waals surface area contributed by atoms with Crippen LogP contribution in [0.1, 0.15) is 24.8 Å². The van der Waals surface area contributed by atoms with Crippen LogP contribution in [0, 0.1) is 0 Å².